The van der Waals surface area contributed by atoms with Crippen LogP contribution in [0.25, 0.3) is 0 Å². The summed E-state index contributed by atoms with van der Waals surface area (Å²) in [6.45, 7) is 7.09. The quantitative estimate of drug-likeness (QED) is 0.820. The van der Waals surface area contributed by atoms with E-state index in [9.17, 15) is 5.11 Å². The zero-order valence-corrected chi connectivity index (χ0v) is 13.7. The summed E-state index contributed by atoms with van der Waals surface area (Å²) in [6, 6.07) is 12.7. The summed E-state index contributed by atoms with van der Waals surface area (Å²) in [5.74, 6) is 0.456. The Labute approximate surface area is 133 Å². The first-order chi connectivity index (χ1) is 10.6. The minimum atomic E-state index is -0.515. The molecule has 0 radical (unpaired) electrons. The fourth-order valence-corrected chi connectivity index (χ4v) is 2.64. The Morgan fingerprint density at radius 1 is 1.00 bits per heavy atom. The molecule has 118 valence electrons. The molecule has 22 heavy (non-hydrogen) atoms. The molecule has 0 fully saturated rings. The third-order valence-electron chi connectivity index (χ3n) is 4.04. The molecule has 0 spiro atoms. The van der Waals surface area contributed by atoms with Crippen LogP contribution in [0.3, 0.4) is 0 Å². The van der Waals surface area contributed by atoms with Crippen molar-refractivity contribution >= 4 is 0 Å². The zero-order chi connectivity index (χ0) is 15.9. The van der Waals surface area contributed by atoms with Crippen LogP contribution in [-0.2, 0) is 6.42 Å². The van der Waals surface area contributed by atoms with E-state index in [4.69, 9.17) is 0 Å². The number of nitrogens with zero attached hydrogens (tertiary/aromatic N) is 1. The number of benzene rings is 1. The number of aromatic nitrogens is 1. The molecule has 2 rings (SSSR count). The number of hydrogen-bond acceptors (Lipinski definition) is 3. The summed E-state index contributed by atoms with van der Waals surface area (Å²) in [6.07, 6.45) is 3.96. The molecule has 2 unspecified atom stereocenters. The van der Waals surface area contributed by atoms with E-state index in [1.165, 1.54) is 11.1 Å². The van der Waals surface area contributed by atoms with Crippen LogP contribution in [0.15, 0.2) is 48.8 Å². The minimum Gasteiger partial charge on any atom is -0.387 e. The maximum absolute atomic E-state index is 10.3. The predicted octanol–water partition coefficient (Wildman–Crippen LogP) is 3.66. The first kappa shape index (κ1) is 16.7. The summed E-state index contributed by atoms with van der Waals surface area (Å²) in [5.41, 5.74) is 3.52. The fraction of sp³-hybridized carbons (Fsp3) is 0.421. The second kappa shape index (κ2) is 8.06. The monoisotopic (exact) mass is 298 g/mol. The van der Waals surface area contributed by atoms with Crippen molar-refractivity contribution in [2.24, 2.45) is 5.92 Å². The third kappa shape index (κ3) is 4.39. The highest BCUT2D eigenvalue weighted by Crippen LogP contribution is 2.23. The van der Waals surface area contributed by atoms with Gasteiger partial charge in [-0.25, -0.2) is 0 Å². The van der Waals surface area contributed by atoms with Crippen molar-refractivity contribution in [1.29, 1.82) is 0 Å². The SMILES string of the molecule is CCc1ccc(C(NCC(O)c2ccncc2)C(C)C)cc1. The van der Waals surface area contributed by atoms with Crippen LogP contribution < -0.4 is 5.32 Å². The maximum atomic E-state index is 10.3. The molecule has 1 heterocycles. The Morgan fingerprint density at radius 3 is 2.18 bits per heavy atom. The van der Waals surface area contributed by atoms with Gasteiger partial charge in [0, 0.05) is 25.0 Å². The van der Waals surface area contributed by atoms with Crippen molar-refractivity contribution in [3.05, 3.63) is 65.5 Å². The number of rotatable bonds is 7. The van der Waals surface area contributed by atoms with Gasteiger partial charge in [-0.05, 0) is 41.2 Å². The van der Waals surface area contributed by atoms with Gasteiger partial charge in [-0.3, -0.25) is 4.98 Å². The number of aliphatic hydroxyl groups excluding tert-OH is 1. The molecule has 0 bridgehead atoms. The maximum Gasteiger partial charge on any atom is 0.0915 e. The average molecular weight is 298 g/mol. The van der Waals surface area contributed by atoms with Gasteiger partial charge >= 0.3 is 0 Å². The van der Waals surface area contributed by atoms with Crippen LogP contribution in [0, 0.1) is 5.92 Å². The molecule has 3 nitrogen and oxygen atoms in total. The average Bonchev–Trinajstić information content (AvgIpc) is 2.56. The van der Waals surface area contributed by atoms with Crippen molar-refractivity contribution in [2.45, 2.75) is 39.3 Å². The summed E-state index contributed by atoms with van der Waals surface area (Å²) in [4.78, 5) is 3.98. The van der Waals surface area contributed by atoms with Crippen molar-refractivity contribution in [3.8, 4) is 0 Å². The Balaban J connectivity index is 2.02. The lowest BCUT2D eigenvalue weighted by Crippen LogP contribution is -2.29. The van der Waals surface area contributed by atoms with Gasteiger partial charge in [0.15, 0.2) is 0 Å². The van der Waals surface area contributed by atoms with E-state index in [-0.39, 0.29) is 6.04 Å². The molecule has 2 aromatic rings. The first-order valence-corrected chi connectivity index (χ1v) is 8.02. The fourth-order valence-electron chi connectivity index (χ4n) is 2.64. The lowest BCUT2D eigenvalue weighted by molar-refractivity contribution is 0.165. The highest BCUT2D eigenvalue weighted by atomic mass is 16.3. The zero-order valence-electron chi connectivity index (χ0n) is 13.7. The van der Waals surface area contributed by atoms with Gasteiger partial charge in [0.1, 0.15) is 0 Å². The van der Waals surface area contributed by atoms with Crippen molar-refractivity contribution in [1.82, 2.24) is 10.3 Å². The summed E-state index contributed by atoms with van der Waals surface area (Å²) >= 11 is 0. The molecule has 2 atom stereocenters. The highest BCUT2D eigenvalue weighted by molar-refractivity contribution is 5.25. The molecular formula is C19H26N2O. The molecule has 1 aromatic heterocycles. The molecule has 0 aliphatic heterocycles. The van der Waals surface area contributed by atoms with Crippen LogP contribution >= 0.6 is 0 Å². The summed E-state index contributed by atoms with van der Waals surface area (Å²) in [5, 5.41) is 13.8. The van der Waals surface area contributed by atoms with Gasteiger partial charge in [-0.1, -0.05) is 45.0 Å². The van der Waals surface area contributed by atoms with E-state index >= 15 is 0 Å². The number of hydrogen-bond donors (Lipinski definition) is 2. The Morgan fingerprint density at radius 2 is 1.64 bits per heavy atom. The van der Waals surface area contributed by atoms with Crippen LogP contribution in [0.2, 0.25) is 0 Å². The number of nitrogens with one attached hydrogen (secondary N) is 1. The number of pyridine rings is 1. The second-order valence-electron chi connectivity index (χ2n) is 6.02. The van der Waals surface area contributed by atoms with E-state index in [2.05, 4.69) is 55.3 Å². The molecule has 3 heteroatoms. The van der Waals surface area contributed by atoms with E-state index in [1.807, 2.05) is 12.1 Å². The molecule has 0 saturated carbocycles. The van der Waals surface area contributed by atoms with E-state index in [0.29, 0.717) is 12.5 Å². The topological polar surface area (TPSA) is 45.1 Å². The lowest BCUT2D eigenvalue weighted by atomic mass is 9.94. The Hall–Kier alpha value is -1.71. The van der Waals surface area contributed by atoms with Gasteiger partial charge in [0.2, 0.25) is 0 Å². The molecular weight excluding hydrogens is 272 g/mol. The molecule has 0 saturated heterocycles. The van der Waals surface area contributed by atoms with Crippen molar-refractivity contribution in [2.75, 3.05) is 6.54 Å². The van der Waals surface area contributed by atoms with E-state index in [0.717, 1.165) is 12.0 Å². The second-order valence-corrected chi connectivity index (χ2v) is 6.02. The Kier molecular flexibility index (Phi) is 6.10. The molecule has 0 amide bonds. The van der Waals surface area contributed by atoms with Crippen molar-refractivity contribution < 1.29 is 5.11 Å². The summed E-state index contributed by atoms with van der Waals surface area (Å²) < 4.78 is 0. The normalized spacial score (nSPS) is 14.0. The molecule has 0 aliphatic carbocycles. The van der Waals surface area contributed by atoms with Crippen molar-refractivity contribution in [3.63, 3.8) is 0 Å². The largest absolute Gasteiger partial charge is 0.387 e. The summed E-state index contributed by atoms with van der Waals surface area (Å²) in [7, 11) is 0. The third-order valence-corrected chi connectivity index (χ3v) is 4.04. The molecule has 2 N–H and O–H groups in total. The van der Waals surface area contributed by atoms with Crippen LogP contribution in [-0.4, -0.2) is 16.6 Å². The van der Waals surface area contributed by atoms with Gasteiger partial charge in [0.25, 0.3) is 0 Å². The smallest absolute Gasteiger partial charge is 0.0915 e. The standard InChI is InChI=1S/C19H26N2O/c1-4-15-5-7-17(8-6-15)19(14(2)3)21-13-18(22)16-9-11-20-12-10-16/h5-12,14,18-19,21-22H,4,13H2,1-3H3. The number of aliphatic hydroxyl groups is 1. The van der Waals surface area contributed by atoms with Gasteiger partial charge in [-0.2, -0.15) is 0 Å². The Bertz CT molecular complexity index is 551. The molecule has 0 aliphatic rings. The first-order valence-electron chi connectivity index (χ1n) is 8.02. The lowest BCUT2D eigenvalue weighted by Gasteiger charge is -2.25. The highest BCUT2D eigenvalue weighted by Gasteiger charge is 2.17. The minimum absolute atomic E-state index is 0.238. The van der Waals surface area contributed by atoms with E-state index in [1.54, 1.807) is 12.4 Å². The van der Waals surface area contributed by atoms with Crippen LogP contribution in [0.1, 0.15) is 49.6 Å². The van der Waals surface area contributed by atoms with E-state index < -0.39 is 6.10 Å². The van der Waals surface area contributed by atoms with Crippen LogP contribution in [0.4, 0.5) is 0 Å². The predicted molar refractivity (Wildman–Crippen MR) is 90.6 cm³/mol. The van der Waals surface area contributed by atoms with Gasteiger partial charge in [-0.15, -0.1) is 0 Å². The van der Waals surface area contributed by atoms with Crippen LogP contribution in [0.5, 0.6) is 0 Å². The van der Waals surface area contributed by atoms with Gasteiger partial charge < -0.3 is 10.4 Å². The number of aryl methyl sites for hydroxylation is 1. The molecule has 1 aromatic carbocycles. The van der Waals surface area contributed by atoms with Gasteiger partial charge in [0.05, 0.1) is 6.10 Å².